The molecule has 0 spiro atoms. The van der Waals surface area contributed by atoms with Crippen LogP contribution in [0.3, 0.4) is 0 Å². The Kier molecular flexibility index (Phi) is 5.96. The molecule has 0 radical (unpaired) electrons. The van der Waals surface area contributed by atoms with Crippen LogP contribution >= 0.6 is 11.6 Å². The van der Waals surface area contributed by atoms with E-state index in [0.717, 1.165) is 5.56 Å². The predicted molar refractivity (Wildman–Crippen MR) is 93.8 cm³/mol. The van der Waals surface area contributed by atoms with Gasteiger partial charge in [-0.2, -0.15) is 0 Å². The Hall–Kier alpha value is -2.19. The molecule has 0 bridgehead atoms. The lowest BCUT2D eigenvalue weighted by atomic mass is 9.88. The third-order valence-electron chi connectivity index (χ3n) is 5.07. The zero-order valence-corrected chi connectivity index (χ0v) is 15.6. The van der Waals surface area contributed by atoms with Gasteiger partial charge in [0.1, 0.15) is 18.1 Å². The molecule has 0 aromatic heterocycles. The third kappa shape index (κ3) is 4.56. The summed E-state index contributed by atoms with van der Waals surface area (Å²) in [6, 6.07) is 3.37. The van der Waals surface area contributed by atoms with E-state index >= 15 is 0 Å². The van der Waals surface area contributed by atoms with E-state index in [2.05, 4.69) is 0 Å². The van der Waals surface area contributed by atoms with Gasteiger partial charge in [0.2, 0.25) is 6.54 Å². The van der Waals surface area contributed by atoms with Gasteiger partial charge in [0.25, 0.3) is 0 Å². The van der Waals surface area contributed by atoms with Crippen LogP contribution < -0.4 is 4.74 Å². The van der Waals surface area contributed by atoms with Gasteiger partial charge in [-0.15, -0.1) is 0 Å². The minimum atomic E-state index is -0.671. The Bertz CT molecular complexity index is 766. The Morgan fingerprint density at radius 2 is 2.22 bits per heavy atom. The first-order valence-electron chi connectivity index (χ1n) is 8.67. The molecule has 1 aromatic carbocycles. The Morgan fingerprint density at radius 1 is 1.44 bits per heavy atom. The summed E-state index contributed by atoms with van der Waals surface area (Å²) >= 11 is 6.08. The van der Waals surface area contributed by atoms with Crippen molar-refractivity contribution < 1.29 is 28.7 Å². The number of carbonyl (C=O) groups is 2. The van der Waals surface area contributed by atoms with Crippen LogP contribution in [0, 0.1) is 27.9 Å². The fourth-order valence-corrected chi connectivity index (χ4v) is 4.02. The van der Waals surface area contributed by atoms with Crippen LogP contribution in [0.2, 0.25) is 5.02 Å². The van der Waals surface area contributed by atoms with Crippen LogP contribution in [0.25, 0.3) is 0 Å². The van der Waals surface area contributed by atoms with Crippen molar-refractivity contribution in [3.63, 3.8) is 0 Å². The first-order valence-corrected chi connectivity index (χ1v) is 9.05. The van der Waals surface area contributed by atoms with Crippen LogP contribution in [0.1, 0.15) is 30.9 Å². The minimum absolute atomic E-state index is 0.0574. The molecule has 1 aliphatic heterocycles. The normalized spacial score (nSPS) is 24.2. The average Bonchev–Trinajstić information content (AvgIpc) is 2.86. The second-order valence-corrected chi connectivity index (χ2v) is 7.40. The number of hydrogen-bond donors (Lipinski definition) is 0. The van der Waals surface area contributed by atoms with Crippen LogP contribution in [0.15, 0.2) is 12.1 Å². The standard InChI is InChI=1S/C18H20ClNO7/c1-10-2-16(21)14(15(10)6-20(23)24)5-17(22)26-8-12-4-13(19)3-11-7-25-9-27-18(11)12/h3-4,10,14-15H,2,5-9H2,1H3/t10-,14+,15+/m0/s1. The largest absolute Gasteiger partial charge is 0.467 e. The predicted octanol–water partition coefficient (Wildman–Crippen LogP) is 2.76. The van der Waals surface area contributed by atoms with Gasteiger partial charge in [-0.05, 0) is 18.1 Å². The summed E-state index contributed by atoms with van der Waals surface area (Å²) in [4.78, 5) is 34.8. The highest BCUT2D eigenvalue weighted by molar-refractivity contribution is 6.30. The molecule has 27 heavy (non-hydrogen) atoms. The van der Waals surface area contributed by atoms with Crippen molar-refractivity contribution >= 4 is 23.4 Å². The molecule has 1 aliphatic carbocycles. The Balaban J connectivity index is 1.64. The maximum Gasteiger partial charge on any atom is 0.306 e. The molecular weight excluding hydrogens is 378 g/mol. The molecule has 1 aromatic rings. The summed E-state index contributed by atoms with van der Waals surface area (Å²) in [6.45, 7) is 1.88. The zero-order valence-electron chi connectivity index (χ0n) is 14.8. The minimum Gasteiger partial charge on any atom is -0.467 e. The molecule has 9 heteroatoms. The van der Waals surface area contributed by atoms with Gasteiger partial charge in [0.05, 0.1) is 13.0 Å². The number of fused-ring (bicyclic) bond motifs is 1. The van der Waals surface area contributed by atoms with Crippen molar-refractivity contribution in [2.75, 3.05) is 13.3 Å². The van der Waals surface area contributed by atoms with E-state index in [0.29, 0.717) is 22.9 Å². The highest BCUT2D eigenvalue weighted by atomic mass is 35.5. The van der Waals surface area contributed by atoms with Crippen molar-refractivity contribution in [3.8, 4) is 5.75 Å². The number of esters is 1. The molecule has 3 atom stereocenters. The van der Waals surface area contributed by atoms with Crippen molar-refractivity contribution in [2.45, 2.75) is 33.0 Å². The van der Waals surface area contributed by atoms with E-state index in [1.54, 1.807) is 19.1 Å². The maximum absolute atomic E-state index is 12.3. The summed E-state index contributed by atoms with van der Waals surface area (Å²) in [5.74, 6) is -1.34. The summed E-state index contributed by atoms with van der Waals surface area (Å²) in [6.07, 6.45) is 0.0977. The quantitative estimate of drug-likeness (QED) is 0.412. The van der Waals surface area contributed by atoms with Gasteiger partial charge in [0, 0.05) is 39.3 Å². The van der Waals surface area contributed by atoms with Crippen LogP contribution in [-0.4, -0.2) is 30.0 Å². The number of ketones is 1. The number of Topliss-reactive ketones (excluding diaryl/α,β-unsaturated/α-hetero) is 1. The number of hydrogen-bond acceptors (Lipinski definition) is 7. The van der Waals surface area contributed by atoms with Crippen LogP contribution in [-0.2, 0) is 32.3 Å². The van der Waals surface area contributed by atoms with Gasteiger partial charge in [-0.1, -0.05) is 18.5 Å². The number of ether oxygens (including phenoxy) is 3. The number of halogens is 1. The van der Waals surface area contributed by atoms with Gasteiger partial charge in [-0.25, -0.2) is 0 Å². The summed E-state index contributed by atoms with van der Waals surface area (Å²) < 4.78 is 16.0. The SMILES string of the molecule is C[C@H]1CC(=O)[C@H](CC(=O)OCc2cc(Cl)cc3c2OCOC3)[C@@H]1C[N+](=O)[O-]. The van der Waals surface area contributed by atoms with E-state index < -0.39 is 22.7 Å². The summed E-state index contributed by atoms with van der Waals surface area (Å²) in [5, 5.41) is 11.3. The number of nitro groups is 1. The molecule has 8 nitrogen and oxygen atoms in total. The van der Waals surface area contributed by atoms with Crippen molar-refractivity contribution in [1.29, 1.82) is 0 Å². The Labute approximate surface area is 160 Å². The molecule has 0 saturated heterocycles. The molecule has 1 saturated carbocycles. The van der Waals surface area contributed by atoms with E-state index in [4.69, 9.17) is 25.8 Å². The summed E-state index contributed by atoms with van der Waals surface area (Å²) in [7, 11) is 0. The second kappa shape index (κ2) is 8.22. The van der Waals surface area contributed by atoms with Crippen molar-refractivity contribution in [1.82, 2.24) is 0 Å². The van der Waals surface area contributed by atoms with Gasteiger partial charge in [-0.3, -0.25) is 19.7 Å². The molecule has 0 unspecified atom stereocenters. The second-order valence-electron chi connectivity index (χ2n) is 6.96. The number of rotatable bonds is 6. The molecule has 2 aliphatic rings. The molecule has 0 N–H and O–H groups in total. The maximum atomic E-state index is 12.3. The molecule has 146 valence electrons. The van der Waals surface area contributed by atoms with Crippen molar-refractivity contribution in [3.05, 3.63) is 38.4 Å². The lowest BCUT2D eigenvalue weighted by molar-refractivity contribution is -0.490. The monoisotopic (exact) mass is 397 g/mol. The van der Waals surface area contributed by atoms with Gasteiger partial charge in [0.15, 0.2) is 6.79 Å². The van der Waals surface area contributed by atoms with E-state index in [1.807, 2.05) is 0 Å². The number of carbonyl (C=O) groups excluding carboxylic acids is 2. The van der Waals surface area contributed by atoms with Crippen LogP contribution in [0.4, 0.5) is 0 Å². The third-order valence-corrected chi connectivity index (χ3v) is 5.29. The molecule has 1 fully saturated rings. The number of benzene rings is 1. The first-order chi connectivity index (χ1) is 12.8. The molecule has 1 heterocycles. The lowest BCUT2D eigenvalue weighted by Crippen LogP contribution is -2.27. The smallest absolute Gasteiger partial charge is 0.306 e. The van der Waals surface area contributed by atoms with Gasteiger partial charge < -0.3 is 14.2 Å². The molecular formula is C18H20ClNO7. The molecule has 3 rings (SSSR count). The van der Waals surface area contributed by atoms with Crippen molar-refractivity contribution in [2.24, 2.45) is 17.8 Å². The highest BCUT2D eigenvalue weighted by Gasteiger charge is 2.44. The lowest BCUT2D eigenvalue weighted by Gasteiger charge is -2.21. The number of nitrogens with zero attached hydrogens (tertiary/aromatic N) is 1. The highest BCUT2D eigenvalue weighted by Crippen LogP contribution is 2.37. The van der Waals surface area contributed by atoms with E-state index in [-0.39, 0.29) is 44.5 Å². The topological polar surface area (TPSA) is 105 Å². The Morgan fingerprint density at radius 3 is 2.96 bits per heavy atom. The molecule has 0 amide bonds. The van der Waals surface area contributed by atoms with Crippen LogP contribution in [0.5, 0.6) is 5.75 Å². The first kappa shape index (κ1) is 19.6. The average molecular weight is 398 g/mol. The zero-order chi connectivity index (χ0) is 19.6. The fourth-order valence-electron chi connectivity index (χ4n) is 3.76. The van der Waals surface area contributed by atoms with E-state index in [1.165, 1.54) is 0 Å². The summed E-state index contributed by atoms with van der Waals surface area (Å²) in [5.41, 5.74) is 1.38. The van der Waals surface area contributed by atoms with E-state index in [9.17, 15) is 19.7 Å². The van der Waals surface area contributed by atoms with Gasteiger partial charge >= 0.3 is 5.97 Å². The fraction of sp³-hybridized carbons (Fsp3) is 0.556.